The van der Waals surface area contributed by atoms with Crippen molar-refractivity contribution < 1.29 is 13.2 Å². The first-order valence-corrected chi connectivity index (χ1v) is 7.50. The number of benzene rings is 1. The third kappa shape index (κ3) is 3.40. The van der Waals surface area contributed by atoms with Gasteiger partial charge in [-0.25, -0.2) is 8.42 Å². The Morgan fingerprint density at radius 3 is 2.79 bits per heavy atom. The highest BCUT2D eigenvalue weighted by Crippen LogP contribution is 2.33. The molecule has 0 aromatic heterocycles. The summed E-state index contributed by atoms with van der Waals surface area (Å²) in [5, 5.41) is -0.281. The van der Waals surface area contributed by atoms with Crippen LogP contribution in [0.4, 0.5) is 5.69 Å². The molecule has 1 fully saturated rings. The first kappa shape index (κ1) is 13.7. The Labute approximate surface area is 113 Å². The van der Waals surface area contributed by atoms with Gasteiger partial charge in [-0.2, -0.15) is 0 Å². The third-order valence-corrected chi connectivity index (χ3v) is 4.60. The van der Waals surface area contributed by atoms with Crippen molar-refractivity contribution >= 4 is 15.7 Å². The number of hydrogen-bond donors (Lipinski definition) is 2. The van der Waals surface area contributed by atoms with Crippen LogP contribution in [0.1, 0.15) is 18.4 Å². The number of anilines is 1. The standard InChI is InChI=1S/C13H16N2O3S/c1-18-13-7-4-10(3-2-8-14)9-12(13)15-19(16,17)11-5-6-11/h4,7,9,11,15H,5-6,8,14H2,1H3. The molecule has 6 heteroatoms. The van der Waals surface area contributed by atoms with Gasteiger partial charge >= 0.3 is 0 Å². The number of hydrogen-bond acceptors (Lipinski definition) is 4. The molecule has 0 spiro atoms. The van der Waals surface area contributed by atoms with Crippen LogP contribution in [-0.2, 0) is 10.0 Å². The van der Waals surface area contributed by atoms with Crippen molar-refractivity contribution in [3.8, 4) is 17.6 Å². The lowest BCUT2D eigenvalue weighted by Crippen LogP contribution is -2.17. The molecule has 0 saturated heterocycles. The number of nitrogens with one attached hydrogen (secondary N) is 1. The Morgan fingerprint density at radius 1 is 1.47 bits per heavy atom. The minimum Gasteiger partial charge on any atom is -0.495 e. The molecule has 0 heterocycles. The molecule has 0 aliphatic heterocycles. The fraction of sp³-hybridized carbons (Fsp3) is 0.385. The summed E-state index contributed by atoms with van der Waals surface area (Å²) in [6, 6.07) is 5.10. The predicted molar refractivity (Wildman–Crippen MR) is 74.5 cm³/mol. The maximum absolute atomic E-state index is 11.9. The molecule has 1 aromatic rings. The van der Waals surface area contributed by atoms with E-state index in [-0.39, 0.29) is 11.8 Å². The van der Waals surface area contributed by atoms with Gasteiger partial charge in [0.1, 0.15) is 5.75 Å². The van der Waals surface area contributed by atoms with Crippen LogP contribution < -0.4 is 15.2 Å². The summed E-state index contributed by atoms with van der Waals surface area (Å²) in [7, 11) is -1.82. The highest BCUT2D eigenvalue weighted by atomic mass is 32.2. The Hall–Kier alpha value is -1.71. The molecule has 1 aromatic carbocycles. The van der Waals surface area contributed by atoms with Gasteiger partial charge in [0.25, 0.3) is 0 Å². The molecule has 3 N–H and O–H groups in total. The minimum absolute atomic E-state index is 0.259. The number of methoxy groups -OCH3 is 1. The van der Waals surface area contributed by atoms with E-state index < -0.39 is 10.0 Å². The molecule has 2 rings (SSSR count). The van der Waals surface area contributed by atoms with E-state index in [0.29, 0.717) is 29.8 Å². The van der Waals surface area contributed by atoms with Crippen molar-refractivity contribution in [1.29, 1.82) is 0 Å². The summed E-state index contributed by atoms with van der Waals surface area (Å²) in [5.74, 6) is 6.06. The lowest BCUT2D eigenvalue weighted by Gasteiger charge is -2.11. The van der Waals surface area contributed by atoms with E-state index in [4.69, 9.17) is 10.5 Å². The van der Waals surface area contributed by atoms with E-state index in [2.05, 4.69) is 16.6 Å². The van der Waals surface area contributed by atoms with E-state index in [0.717, 1.165) is 0 Å². The van der Waals surface area contributed by atoms with Gasteiger partial charge in [0, 0.05) is 5.56 Å². The second-order valence-corrected chi connectivity index (χ2v) is 6.23. The molecular weight excluding hydrogens is 264 g/mol. The topological polar surface area (TPSA) is 81.4 Å². The first-order valence-electron chi connectivity index (χ1n) is 5.95. The molecule has 19 heavy (non-hydrogen) atoms. The van der Waals surface area contributed by atoms with E-state index in [1.54, 1.807) is 18.2 Å². The maximum atomic E-state index is 11.9. The van der Waals surface area contributed by atoms with Gasteiger partial charge in [0.2, 0.25) is 10.0 Å². The Morgan fingerprint density at radius 2 is 2.21 bits per heavy atom. The van der Waals surface area contributed by atoms with E-state index in [9.17, 15) is 8.42 Å². The van der Waals surface area contributed by atoms with Gasteiger partial charge in [-0.3, -0.25) is 4.72 Å². The molecule has 0 bridgehead atoms. The summed E-state index contributed by atoms with van der Waals surface area (Å²) in [6.07, 6.45) is 1.43. The monoisotopic (exact) mass is 280 g/mol. The number of sulfonamides is 1. The van der Waals surface area contributed by atoms with Crippen molar-refractivity contribution in [2.24, 2.45) is 5.73 Å². The summed E-state index contributed by atoms with van der Waals surface area (Å²) in [4.78, 5) is 0. The summed E-state index contributed by atoms with van der Waals surface area (Å²) in [6.45, 7) is 0.259. The second-order valence-electron chi connectivity index (χ2n) is 4.27. The lowest BCUT2D eigenvalue weighted by atomic mass is 10.2. The minimum atomic E-state index is -3.31. The van der Waals surface area contributed by atoms with Crippen LogP contribution in [0.25, 0.3) is 0 Å². The zero-order valence-electron chi connectivity index (χ0n) is 10.6. The zero-order chi connectivity index (χ0) is 13.9. The molecule has 0 amide bonds. The van der Waals surface area contributed by atoms with Gasteiger partial charge in [-0.1, -0.05) is 11.8 Å². The van der Waals surface area contributed by atoms with E-state index in [1.165, 1.54) is 7.11 Å². The first-order chi connectivity index (χ1) is 9.06. The van der Waals surface area contributed by atoms with Gasteiger partial charge in [0.15, 0.2) is 0 Å². The molecule has 0 radical (unpaired) electrons. The number of nitrogens with two attached hydrogens (primary N) is 1. The maximum Gasteiger partial charge on any atom is 0.235 e. The molecule has 5 nitrogen and oxygen atoms in total. The van der Waals surface area contributed by atoms with E-state index in [1.807, 2.05) is 0 Å². The number of rotatable bonds is 4. The normalized spacial score (nSPS) is 14.4. The zero-order valence-corrected chi connectivity index (χ0v) is 11.5. The Kier molecular flexibility index (Phi) is 3.98. The van der Waals surface area contributed by atoms with Gasteiger partial charge in [0.05, 0.1) is 24.6 Å². The van der Waals surface area contributed by atoms with Crippen LogP contribution in [-0.4, -0.2) is 27.3 Å². The smallest absolute Gasteiger partial charge is 0.235 e. The molecule has 1 aliphatic carbocycles. The van der Waals surface area contributed by atoms with Gasteiger partial charge in [-0.05, 0) is 31.0 Å². The Bertz CT molecular complexity index is 625. The molecule has 1 saturated carbocycles. The lowest BCUT2D eigenvalue weighted by molar-refractivity contribution is 0.417. The van der Waals surface area contributed by atoms with Crippen LogP contribution in [0.15, 0.2) is 18.2 Å². The SMILES string of the molecule is COc1ccc(C#CCN)cc1NS(=O)(=O)C1CC1. The van der Waals surface area contributed by atoms with Crippen molar-refractivity contribution in [1.82, 2.24) is 0 Å². The quantitative estimate of drug-likeness (QED) is 0.803. The van der Waals surface area contributed by atoms with Crippen molar-refractivity contribution in [2.75, 3.05) is 18.4 Å². The highest BCUT2D eigenvalue weighted by Gasteiger charge is 2.36. The molecule has 102 valence electrons. The van der Waals surface area contributed by atoms with Crippen molar-refractivity contribution in [3.05, 3.63) is 23.8 Å². The predicted octanol–water partition coefficient (Wildman–Crippen LogP) is 0.909. The van der Waals surface area contributed by atoms with E-state index >= 15 is 0 Å². The molecule has 0 unspecified atom stereocenters. The summed E-state index contributed by atoms with van der Waals surface area (Å²) < 4.78 is 31.6. The summed E-state index contributed by atoms with van der Waals surface area (Å²) in [5.41, 5.74) is 6.42. The molecule has 0 atom stereocenters. The van der Waals surface area contributed by atoms with Crippen molar-refractivity contribution in [2.45, 2.75) is 18.1 Å². The average molecular weight is 280 g/mol. The van der Waals surface area contributed by atoms with Gasteiger partial charge in [-0.15, -0.1) is 0 Å². The summed E-state index contributed by atoms with van der Waals surface area (Å²) >= 11 is 0. The largest absolute Gasteiger partial charge is 0.495 e. The van der Waals surface area contributed by atoms with Crippen LogP contribution in [0.5, 0.6) is 5.75 Å². The van der Waals surface area contributed by atoms with Crippen LogP contribution in [0.2, 0.25) is 0 Å². The third-order valence-electron chi connectivity index (χ3n) is 2.75. The Balaban J connectivity index is 2.30. The fourth-order valence-electron chi connectivity index (χ4n) is 1.63. The average Bonchev–Trinajstić information content (AvgIpc) is 3.20. The fourth-order valence-corrected chi connectivity index (χ4v) is 3.02. The van der Waals surface area contributed by atoms with Gasteiger partial charge < -0.3 is 10.5 Å². The highest BCUT2D eigenvalue weighted by molar-refractivity contribution is 7.93. The molecule has 1 aliphatic rings. The van der Waals surface area contributed by atoms with Crippen molar-refractivity contribution in [3.63, 3.8) is 0 Å². The second kappa shape index (κ2) is 5.51. The van der Waals surface area contributed by atoms with Crippen LogP contribution in [0, 0.1) is 11.8 Å². The van der Waals surface area contributed by atoms with Crippen LogP contribution >= 0.6 is 0 Å². The van der Waals surface area contributed by atoms with Crippen LogP contribution in [0.3, 0.4) is 0 Å². The number of ether oxygens (including phenoxy) is 1. The molecular formula is C13H16N2O3S.